The molecular formula is C16H20N4O2. The lowest BCUT2D eigenvalue weighted by molar-refractivity contribution is 0.112. The van der Waals surface area contributed by atoms with Crippen molar-refractivity contribution in [2.75, 3.05) is 18.5 Å². The molecule has 0 bridgehead atoms. The summed E-state index contributed by atoms with van der Waals surface area (Å²) in [5.74, 6) is 0.517. The zero-order valence-corrected chi connectivity index (χ0v) is 12.6. The van der Waals surface area contributed by atoms with Gasteiger partial charge in [0.25, 0.3) is 0 Å². The zero-order valence-electron chi connectivity index (χ0n) is 12.6. The number of nitrogens with one attached hydrogen (secondary N) is 2. The molecule has 1 aromatic carbocycles. The van der Waals surface area contributed by atoms with Gasteiger partial charge in [0.15, 0.2) is 0 Å². The van der Waals surface area contributed by atoms with E-state index in [0.29, 0.717) is 12.5 Å². The van der Waals surface area contributed by atoms with Crippen LogP contribution < -0.4 is 10.6 Å². The number of urea groups is 1. The average Bonchev–Trinajstić information content (AvgIpc) is 3.17. The molecule has 1 atom stereocenters. The second-order valence-corrected chi connectivity index (χ2v) is 5.36. The van der Waals surface area contributed by atoms with Gasteiger partial charge in [-0.1, -0.05) is 30.3 Å². The lowest BCUT2D eigenvalue weighted by atomic mass is 10.2. The lowest BCUT2D eigenvalue weighted by Gasteiger charge is -2.12. The van der Waals surface area contributed by atoms with Crippen LogP contribution in [0.15, 0.2) is 36.5 Å². The molecule has 1 fully saturated rings. The van der Waals surface area contributed by atoms with Gasteiger partial charge in [0.2, 0.25) is 5.95 Å². The molecule has 0 aliphatic carbocycles. The Morgan fingerprint density at radius 1 is 1.41 bits per heavy atom. The van der Waals surface area contributed by atoms with Crippen molar-refractivity contribution in [1.82, 2.24) is 14.9 Å². The number of hydrogen-bond acceptors (Lipinski definition) is 3. The molecule has 6 heteroatoms. The first-order valence-corrected chi connectivity index (χ1v) is 7.47. The summed E-state index contributed by atoms with van der Waals surface area (Å²) in [6.45, 7) is 1.32. The van der Waals surface area contributed by atoms with Crippen molar-refractivity contribution in [3.05, 3.63) is 36.5 Å². The molecule has 1 saturated heterocycles. The van der Waals surface area contributed by atoms with E-state index < -0.39 is 0 Å². The van der Waals surface area contributed by atoms with Gasteiger partial charge in [-0.3, -0.25) is 5.32 Å². The van der Waals surface area contributed by atoms with Gasteiger partial charge >= 0.3 is 6.03 Å². The van der Waals surface area contributed by atoms with E-state index in [4.69, 9.17) is 4.74 Å². The van der Waals surface area contributed by atoms with Crippen LogP contribution in [0.3, 0.4) is 0 Å². The van der Waals surface area contributed by atoms with Crippen molar-refractivity contribution >= 4 is 12.0 Å². The van der Waals surface area contributed by atoms with Crippen LogP contribution in [0.1, 0.15) is 12.8 Å². The van der Waals surface area contributed by atoms with E-state index in [1.54, 1.807) is 6.20 Å². The summed E-state index contributed by atoms with van der Waals surface area (Å²) in [4.78, 5) is 16.2. The van der Waals surface area contributed by atoms with E-state index in [1.807, 2.05) is 41.9 Å². The third-order valence-corrected chi connectivity index (χ3v) is 3.80. The van der Waals surface area contributed by atoms with Gasteiger partial charge in [0.05, 0.1) is 18.0 Å². The fourth-order valence-corrected chi connectivity index (χ4v) is 2.56. The molecule has 0 radical (unpaired) electrons. The number of benzene rings is 1. The molecule has 1 aromatic heterocycles. The lowest BCUT2D eigenvalue weighted by Crippen LogP contribution is -2.35. The van der Waals surface area contributed by atoms with Gasteiger partial charge < -0.3 is 14.6 Å². The molecule has 2 amide bonds. The quantitative estimate of drug-likeness (QED) is 0.911. The first-order valence-electron chi connectivity index (χ1n) is 7.47. The van der Waals surface area contributed by atoms with Gasteiger partial charge in [0, 0.05) is 20.2 Å². The summed E-state index contributed by atoms with van der Waals surface area (Å²) in [5, 5.41) is 5.59. The Balaban J connectivity index is 1.61. The maximum Gasteiger partial charge on any atom is 0.321 e. The third kappa shape index (κ3) is 3.28. The first kappa shape index (κ1) is 14.6. The predicted molar refractivity (Wildman–Crippen MR) is 84.6 cm³/mol. The van der Waals surface area contributed by atoms with Crippen LogP contribution >= 0.6 is 0 Å². The van der Waals surface area contributed by atoms with Crippen molar-refractivity contribution in [2.45, 2.75) is 18.9 Å². The Labute approximate surface area is 129 Å². The van der Waals surface area contributed by atoms with Crippen molar-refractivity contribution in [2.24, 2.45) is 7.05 Å². The molecule has 6 nitrogen and oxygen atoms in total. The predicted octanol–water partition coefficient (Wildman–Crippen LogP) is 2.39. The van der Waals surface area contributed by atoms with E-state index in [0.717, 1.165) is 30.7 Å². The second-order valence-electron chi connectivity index (χ2n) is 5.36. The number of amides is 2. The molecule has 1 aliphatic rings. The molecule has 2 N–H and O–H groups in total. The van der Waals surface area contributed by atoms with Crippen molar-refractivity contribution in [3.8, 4) is 11.3 Å². The highest BCUT2D eigenvalue weighted by molar-refractivity contribution is 5.88. The summed E-state index contributed by atoms with van der Waals surface area (Å²) in [6, 6.07) is 9.69. The maximum absolute atomic E-state index is 11.9. The highest BCUT2D eigenvalue weighted by Crippen LogP contribution is 2.21. The fraction of sp³-hybridized carbons (Fsp3) is 0.375. The van der Waals surface area contributed by atoms with Gasteiger partial charge in [-0.05, 0) is 18.4 Å². The zero-order chi connectivity index (χ0) is 15.4. The molecule has 0 unspecified atom stereocenters. The van der Waals surface area contributed by atoms with Crippen LogP contribution in [-0.4, -0.2) is 34.8 Å². The highest BCUT2D eigenvalue weighted by Gasteiger charge is 2.17. The van der Waals surface area contributed by atoms with Crippen molar-refractivity contribution in [1.29, 1.82) is 0 Å². The molecule has 0 spiro atoms. The standard InChI is InChI=1S/C16H20N4O2/c1-20-14(12-6-3-2-4-7-12)11-17-15(20)19-16(21)18-10-13-8-5-9-22-13/h2-4,6-7,11,13H,5,8-10H2,1H3,(H2,17,18,19,21)/t13-/m0/s1. The maximum atomic E-state index is 11.9. The summed E-state index contributed by atoms with van der Waals surface area (Å²) in [5.41, 5.74) is 2.01. The van der Waals surface area contributed by atoms with Crippen LogP contribution in [0.2, 0.25) is 0 Å². The van der Waals surface area contributed by atoms with Crippen LogP contribution in [0, 0.1) is 0 Å². The van der Waals surface area contributed by atoms with E-state index in [-0.39, 0.29) is 12.1 Å². The van der Waals surface area contributed by atoms with E-state index >= 15 is 0 Å². The number of rotatable bonds is 4. The number of nitrogens with zero attached hydrogens (tertiary/aromatic N) is 2. The topological polar surface area (TPSA) is 68.2 Å². The monoisotopic (exact) mass is 300 g/mol. The minimum Gasteiger partial charge on any atom is -0.376 e. The number of anilines is 1. The number of aromatic nitrogens is 2. The number of hydrogen-bond donors (Lipinski definition) is 2. The molecular weight excluding hydrogens is 280 g/mol. The van der Waals surface area contributed by atoms with Crippen LogP contribution in [-0.2, 0) is 11.8 Å². The van der Waals surface area contributed by atoms with E-state index in [9.17, 15) is 4.79 Å². The molecule has 2 aromatic rings. The average molecular weight is 300 g/mol. The van der Waals surface area contributed by atoms with Gasteiger partial charge in [-0.15, -0.1) is 0 Å². The Morgan fingerprint density at radius 2 is 2.23 bits per heavy atom. The van der Waals surface area contributed by atoms with E-state index in [2.05, 4.69) is 15.6 Å². The first-order chi connectivity index (χ1) is 10.7. The number of ether oxygens (including phenoxy) is 1. The Bertz CT molecular complexity index is 633. The number of imidazole rings is 1. The summed E-state index contributed by atoms with van der Waals surface area (Å²) in [6.07, 6.45) is 3.95. The third-order valence-electron chi connectivity index (χ3n) is 3.80. The number of carbonyl (C=O) groups excluding carboxylic acids is 1. The summed E-state index contributed by atoms with van der Waals surface area (Å²) >= 11 is 0. The molecule has 116 valence electrons. The minimum atomic E-state index is -0.260. The normalized spacial score (nSPS) is 17.4. The molecule has 0 saturated carbocycles. The summed E-state index contributed by atoms with van der Waals surface area (Å²) < 4.78 is 7.34. The van der Waals surface area contributed by atoms with Crippen LogP contribution in [0.5, 0.6) is 0 Å². The van der Waals surface area contributed by atoms with Crippen molar-refractivity contribution < 1.29 is 9.53 Å². The Kier molecular flexibility index (Phi) is 4.39. The van der Waals surface area contributed by atoms with E-state index in [1.165, 1.54) is 0 Å². The van der Waals surface area contributed by atoms with Crippen LogP contribution in [0.4, 0.5) is 10.7 Å². The van der Waals surface area contributed by atoms with Crippen LogP contribution in [0.25, 0.3) is 11.3 Å². The molecule has 22 heavy (non-hydrogen) atoms. The second kappa shape index (κ2) is 6.62. The molecule has 3 rings (SSSR count). The number of carbonyl (C=O) groups is 1. The minimum absolute atomic E-state index is 0.131. The highest BCUT2D eigenvalue weighted by atomic mass is 16.5. The SMILES string of the molecule is Cn1c(-c2ccccc2)cnc1NC(=O)NC[C@@H]1CCCO1. The van der Waals surface area contributed by atoms with Gasteiger partial charge in [-0.2, -0.15) is 0 Å². The largest absolute Gasteiger partial charge is 0.376 e. The Hall–Kier alpha value is -2.34. The molecule has 1 aliphatic heterocycles. The summed E-state index contributed by atoms with van der Waals surface area (Å²) in [7, 11) is 1.88. The Morgan fingerprint density at radius 3 is 2.95 bits per heavy atom. The fourth-order valence-electron chi connectivity index (χ4n) is 2.56. The van der Waals surface area contributed by atoms with Gasteiger partial charge in [-0.25, -0.2) is 9.78 Å². The van der Waals surface area contributed by atoms with Crippen molar-refractivity contribution in [3.63, 3.8) is 0 Å². The molecule has 2 heterocycles. The van der Waals surface area contributed by atoms with Gasteiger partial charge in [0.1, 0.15) is 0 Å². The smallest absolute Gasteiger partial charge is 0.321 e.